The normalized spacial score (nSPS) is 14.9. The number of hydrogen-bond donors (Lipinski definition) is 2. The third kappa shape index (κ3) is 10.4. The SMILES string of the molecule is CC(C)(C)OC(=O)N=C(N)N(CCc1ccc(OCCC2Oc3ccccc3N(Cc3cccc(N)c3)C2=O)cc1)C(=O)OC(C)(C)C. The molecule has 48 heavy (non-hydrogen) atoms. The Kier molecular flexibility index (Phi) is 11.2. The number of para-hydroxylation sites is 2. The molecule has 12 nitrogen and oxygen atoms in total. The van der Waals surface area contributed by atoms with Gasteiger partial charge in [0.05, 0.1) is 18.8 Å². The second kappa shape index (κ2) is 15.1. The van der Waals surface area contributed by atoms with Crippen molar-refractivity contribution < 1.29 is 33.3 Å². The average molecular weight is 660 g/mol. The molecule has 0 radical (unpaired) electrons. The highest BCUT2D eigenvalue weighted by Gasteiger charge is 2.34. The Morgan fingerprint density at radius 1 is 0.917 bits per heavy atom. The van der Waals surface area contributed by atoms with E-state index in [4.69, 9.17) is 30.4 Å². The second-order valence-corrected chi connectivity index (χ2v) is 13.4. The maximum Gasteiger partial charge on any atom is 0.437 e. The van der Waals surface area contributed by atoms with Crippen molar-refractivity contribution in [2.45, 2.75) is 78.2 Å². The first kappa shape index (κ1) is 35.6. The largest absolute Gasteiger partial charge is 0.493 e. The summed E-state index contributed by atoms with van der Waals surface area (Å²) in [5.74, 6) is 0.757. The number of benzene rings is 3. The van der Waals surface area contributed by atoms with Crippen molar-refractivity contribution in [1.29, 1.82) is 0 Å². The zero-order valence-electron chi connectivity index (χ0n) is 28.4. The number of nitrogens with zero attached hydrogens (tertiary/aromatic N) is 3. The van der Waals surface area contributed by atoms with Crippen LogP contribution in [0.25, 0.3) is 0 Å². The molecule has 1 atom stereocenters. The number of anilines is 2. The van der Waals surface area contributed by atoms with Crippen LogP contribution in [0.15, 0.2) is 77.8 Å². The third-order valence-corrected chi connectivity index (χ3v) is 6.94. The van der Waals surface area contributed by atoms with Crippen LogP contribution in [0.1, 0.15) is 59.1 Å². The van der Waals surface area contributed by atoms with Crippen LogP contribution in [0.5, 0.6) is 11.5 Å². The van der Waals surface area contributed by atoms with Gasteiger partial charge in [0.15, 0.2) is 6.10 Å². The van der Waals surface area contributed by atoms with Gasteiger partial charge in [-0.3, -0.25) is 4.79 Å². The molecule has 12 heteroatoms. The smallest absolute Gasteiger partial charge is 0.437 e. The van der Waals surface area contributed by atoms with E-state index in [-0.39, 0.29) is 25.0 Å². The highest BCUT2D eigenvalue weighted by atomic mass is 16.6. The molecule has 256 valence electrons. The van der Waals surface area contributed by atoms with Crippen LogP contribution in [-0.4, -0.2) is 59.4 Å². The first-order valence-corrected chi connectivity index (χ1v) is 15.8. The van der Waals surface area contributed by atoms with Crippen molar-refractivity contribution in [3.8, 4) is 11.5 Å². The van der Waals surface area contributed by atoms with E-state index >= 15 is 0 Å². The van der Waals surface area contributed by atoms with Gasteiger partial charge in [0.2, 0.25) is 5.96 Å². The molecule has 1 heterocycles. The van der Waals surface area contributed by atoms with E-state index in [1.807, 2.05) is 60.7 Å². The fourth-order valence-electron chi connectivity index (χ4n) is 4.83. The molecule has 0 spiro atoms. The van der Waals surface area contributed by atoms with Gasteiger partial charge in [-0.2, -0.15) is 0 Å². The lowest BCUT2D eigenvalue weighted by Crippen LogP contribution is -2.46. The van der Waals surface area contributed by atoms with E-state index < -0.39 is 29.5 Å². The summed E-state index contributed by atoms with van der Waals surface area (Å²) >= 11 is 0. The monoisotopic (exact) mass is 659 g/mol. The molecule has 4 N–H and O–H groups in total. The number of rotatable bonds is 9. The van der Waals surface area contributed by atoms with Gasteiger partial charge in [-0.05, 0) is 95.5 Å². The predicted molar refractivity (Wildman–Crippen MR) is 184 cm³/mol. The molecular weight excluding hydrogens is 614 g/mol. The van der Waals surface area contributed by atoms with Crippen molar-refractivity contribution >= 4 is 35.4 Å². The number of ether oxygens (including phenoxy) is 4. The molecule has 3 amide bonds. The maximum atomic E-state index is 13.5. The lowest BCUT2D eigenvalue weighted by Gasteiger charge is -2.34. The van der Waals surface area contributed by atoms with E-state index in [1.54, 1.807) is 58.6 Å². The fraction of sp³-hybridized carbons (Fsp3) is 0.389. The highest BCUT2D eigenvalue weighted by molar-refractivity contribution is 6.00. The van der Waals surface area contributed by atoms with Gasteiger partial charge in [-0.1, -0.05) is 36.4 Å². The Labute approximate surface area is 281 Å². The van der Waals surface area contributed by atoms with Gasteiger partial charge in [-0.25, -0.2) is 14.5 Å². The van der Waals surface area contributed by atoms with Crippen molar-refractivity contribution in [2.24, 2.45) is 10.7 Å². The fourth-order valence-corrected chi connectivity index (χ4v) is 4.83. The van der Waals surface area contributed by atoms with Crippen molar-refractivity contribution in [3.63, 3.8) is 0 Å². The van der Waals surface area contributed by atoms with E-state index in [0.29, 0.717) is 42.3 Å². The third-order valence-electron chi connectivity index (χ3n) is 6.94. The lowest BCUT2D eigenvalue weighted by atomic mass is 10.1. The molecule has 3 aromatic carbocycles. The van der Waals surface area contributed by atoms with Crippen molar-refractivity contribution in [3.05, 3.63) is 83.9 Å². The van der Waals surface area contributed by atoms with Gasteiger partial charge in [0, 0.05) is 18.7 Å². The molecule has 0 fully saturated rings. The molecule has 0 saturated carbocycles. The number of nitrogens with two attached hydrogens (primary N) is 2. The first-order chi connectivity index (χ1) is 22.6. The summed E-state index contributed by atoms with van der Waals surface area (Å²) in [5.41, 5.74) is 13.6. The Balaban J connectivity index is 1.36. The van der Waals surface area contributed by atoms with Gasteiger partial charge in [-0.15, -0.1) is 4.99 Å². The summed E-state index contributed by atoms with van der Waals surface area (Å²) in [6.07, 6.45) is -1.64. The summed E-state index contributed by atoms with van der Waals surface area (Å²) in [7, 11) is 0. The van der Waals surface area contributed by atoms with E-state index in [2.05, 4.69) is 4.99 Å². The standard InChI is InChI=1S/C36H45N5O7/c1-35(2,3)47-33(43)39-32(38)40(34(44)48-36(4,5)6)20-18-24-14-16-27(17-15-24)45-21-19-30-31(42)41(23-25-10-9-11-26(37)22-25)28-12-7-8-13-29(28)46-30/h7-17,22,30H,18-21,23,37H2,1-6H3,(H2,38,39,43). The van der Waals surface area contributed by atoms with Crippen LogP contribution < -0.4 is 25.8 Å². The summed E-state index contributed by atoms with van der Waals surface area (Å²) in [6.45, 7) is 11.0. The molecule has 1 aliphatic rings. The van der Waals surface area contributed by atoms with E-state index in [0.717, 1.165) is 16.0 Å². The zero-order valence-corrected chi connectivity index (χ0v) is 28.4. The highest BCUT2D eigenvalue weighted by Crippen LogP contribution is 2.35. The van der Waals surface area contributed by atoms with Crippen molar-refractivity contribution in [2.75, 3.05) is 23.8 Å². The predicted octanol–water partition coefficient (Wildman–Crippen LogP) is 6.06. The maximum absolute atomic E-state index is 13.5. The quantitative estimate of drug-likeness (QED) is 0.158. The Morgan fingerprint density at radius 2 is 1.60 bits per heavy atom. The van der Waals surface area contributed by atoms with Gasteiger partial charge >= 0.3 is 12.2 Å². The summed E-state index contributed by atoms with van der Waals surface area (Å²) in [4.78, 5) is 45.3. The Morgan fingerprint density at radius 3 is 2.27 bits per heavy atom. The first-order valence-electron chi connectivity index (χ1n) is 15.8. The number of aliphatic imine (C=N–C) groups is 1. The molecule has 1 aliphatic heterocycles. The van der Waals surface area contributed by atoms with Crippen LogP contribution in [0.4, 0.5) is 21.0 Å². The Hall–Kier alpha value is -5.26. The van der Waals surface area contributed by atoms with Crippen LogP contribution >= 0.6 is 0 Å². The minimum absolute atomic E-state index is 0.0991. The molecule has 0 aliphatic carbocycles. The number of nitrogen functional groups attached to an aromatic ring is 1. The summed E-state index contributed by atoms with van der Waals surface area (Å²) in [5, 5.41) is 0. The molecular formula is C36H45N5O7. The molecule has 4 rings (SSSR count). The van der Waals surface area contributed by atoms with Gasteiger partial charge in [0.1, 0.15) is 22.7 Å². The summed E-state index contributed by atoms with van der Waals surface area (Å²) in [6, 6.07) is 22.2. The molecule has 0 bridgehead atoms. The molecule has 1 unspecified atom stereocenters. The zero-order chi connectivity index (χ0) is 35.1. The topological polar surface area (TPSA) is 159 Å². The lowest BCUT2D eigenvalue weighted by molar-refractivity contribution is -0.127. The molecule has 0 aromatic heterocycles. The van der Waals surface area contributed by atoms with E-state index in [1.165, 1.54) is 0 Å². The van der Waals surface area contributed by atoms with E-state index in [9.17, 15) is 14.4 Å². The number of amides is 3. The minimum atomic E-state index is -0.909. The number of fused-ring (bicyclic) bond motifs is 1. The van der Waals surface area contributed by atoms with Gasteiger partial charge < -0.3 is 35.3 Å². The Bertz CT molecular complexity index is 1630. The average Bonchev–Trinajstić information content (AvgIpc) is 2.98. The van der Waals surface area contributed by atoms with Crippen LogP contribution in [-0.2, 0) is 27.2 Å². The number of guanidine groups is 1. The minimum Gasteiger partial charge on any atom is -0.493 e. The van der Waals surface area contributed by atoms with Crippen molar-refractivity contribution in [1.82, 2.24) is 4.90 Å². The van der Waals surface area contributed by atoms with Crippen LogP contribution in [0.3, 0.4) is 0 Å². The second-order valence-electron chi connectivity index (χ2n) is 13.4. The molecule has 0 saturated heterocycles. The summed E-state index contributed by atoms with van der Waals surface area (Å²) < 4.78 is 22.7. The van der Waals surface area contributed by atoms with Crippen LogP contribution in [0, 0.1) is 0 Å². The van der Waals surface area contributed by atoms with Crippen LogP contribution in [0.2, 0.25) is 0 Å². The number of hydrogen-bond acceptors (Lipinski definition) is 8. The number of carbonyl (C=O) groups is 3. The number of carbonyl (C=O) groups excluding carboxylic acids is 3. The molecule has 3 aromatic rings. The van der Waals surface area contributed by atoms with Gasteiger partial charge in [0.25, 0.3) is 5.91 Å².